The molecule has 1 fully saturated rings. The molecule has 2 N–H and O–H groups in total. The number of para-hydroxylation sites is 1. The molecule has 1 aliphatic rings. The van der Waals surface area contributed by atoms with Gasteiger partial charge in [-0.05, 0) is 37.1 Å². The summed E-state index contributed by atoms with van der Waals surface area (Å²) in [6.07, 6.45) is 3.97. The van der Waals surface area contributed by atoms with Crippen molar-refractivity contribution in [3.63, 3.8) is 0 Å². The Kier molecular flexibility index (Phi) is 10.3. The first-order valence-corrected chi connectivity index (χ1v) is 10.3. The standard InChI is InChI=1S/C21H29ClN6.HI/c1-23-21(26-13-7-6-12-25-20-10-4-5-11-24-20)28-16-14-27(15-17-28)19-9-3-2-8-18(19)22;/h2-5,8-11H,6-7,12-17H2,1H3,(H,23,26)(H,24,25);1H. The minimum atomic E-state index is 0. The number of nitrogens with zero attached hydrogens (tertiary/aromatic N) is 4. The summed E-state index contributed by atoms with van der Waals surface area (Å²) in [6, 6.07) is 14.0. The number of rotatable bonds is 7. The summed E-state index contributed by atoms with van der Waals surface area (Å²) >= 11 is 6.33. The molecule has 8 heteroatoms. The lowest BCUT2D eigenvalue weighted by Crippen LogP contribution is -2.52. The molecule has 0 saturated carbocycles. The molecule has 1 saturated heterocycles. The second kappa shape index (κ2) is 12.7. The predicted molar refractivity (Wildman–Crippen MR) is 134 cm³/mol. The van der Waals surface area contributed by atoms with Gasteiger partial charge in [0.15, 0.2) is 5.96 Å². The fourth-order valence-corrected chi connectivity index (χ4v) is 3.59. The summed E-state index contributed by atoms with van der Waals surface area (Å²) in [5.74, 6) is 1.92. The molecule has 0 unspecified atom stereocenters. The number of unbranched alkanes of at least 4 members (excludes halogenated alkanes) is 1. The van der Waals surface area contributed by atoms with Crippen molar-refractivity contribution >= 4 is 53.0 Å². The van der Waals surface area contributed by atoms with E-state index in [-0.39, 0.29) is 24.0 Å². The van der Waals surface area contributed by atoms with E-state index >= 15 is 0 Å². The molecule has 0 bridgehead atoms. The van der Waals surface area contributed by atoms with Crippen molar-refractivity contribution in [2.24, 2.45) is 4.99 Å². The first kappa shape index (κ1) is 23.5. The van der Waals surface area contributed by atoms with Crippen molar-refractivity contribution in [2.75, 3.05) is 56.5 Å². The molecular weight excluding hydrogens is 499 g/mol. The summed E-state index contributed by atoms with van der Waals surface area (Å²) in [7, 11) is 1.85. The first-order chi connectivity index (χ1) is 13.8. The number of halogens is 2. The molecular formula is C21H30ClIN6. The zero-order valence-corrected chi connectivity index (χ0v) is 19.9. The van der Waals surface area contributed by atoms with Gasteiger partial charge in [-0.2, -0.15) is 0 Å². The topological polar surface area (TPSA) is 55.8 Å². The second-order valence-corrected chi connectivity index (χ2v) is 7.16. The van der Waals surface area contributed by atoms with Crippen LogP contribution in [0.1, 0.15) is 12.8 Å². The van der Waals surface area contributed by atoms with Gasteiger partial charge in [0.1, 0.15) is 5.82 Å². The molecule has 158 valence electrons. The average molecular weight is 529 g/mol. The zero-order chi connectivity index (χ0) is 19.6. The maximum Gasteiger partial charge on any atom is 0.193 e. The number of aromatic nitrogens is 1. The minimum Gasteiger partial charge on any atom is -0.370 e. The Morgan fingerprint density at radius 2 is 1.76 bits per heavy atom. The third-order valence-electron chi connectivity index (χ3n) is 4.84. The van der Waals surface area contributed by atoms with Gasteiger partial charge >= 0.3 is 0 Å². The van der Waals surface area contributed by atoms with Crippen molar-refractivity contribution < 1.29 is 0 Å². The Labute approximate surface area is 195 Å². The molecule has 1 aliphatic heterocycles. The molecule has 29 heavy (non-hydrogen) atoms. The molecule has 0 radical (unpaired) electrons. The van der Waals surface area contributed by atoms with E-state index in [2.05, 4.69) is 36.5 Å². The Hall–Kier alpha value is -1.74. The third-order valence-corrected chi connectivity index (χ3v) is 5.16. The molecule has 0 spiro atoms. The molecule has 1 aromatic carbocycles. The van der Waals surface area contributed by atoms with Crippen molar-refractivity contribution in [3.8, 4) is 0 Å². The van der Waals surface area contributed by atoms with Crippen molar-refractivity contribution in [3.05, 3.63) is 53.7 Å². The van der Waals surface area contributed by atoms with Gasteiger partial charge in [0.2, 0.25) is 0 Å². The molecule has 2 aromatic rings. The van der Waals surface area contributed by atoms with E-state index in [1.165, 1.54) is 0 Å². The molecule has 2 heterocycles. The van der Waals surface area contributed by atoms with E-state index in [1.807, 2.05) is 43.4 Å². The van der Waals surface area contributed by atoms with E-state index in [0.29, 0.717) is 0 Å². The summed E-state index contributed by atoms with van der Waals surface area (Å²) in [5.41, 5.74) is 1.12. The number of pyridine rings is 1. The molecule has 3 rings (SSSR count). The van der Waals surface area contributed by atoms with Crippen LogP contribution >= 0.6 is 35.6 Å². The van der Waals surface area contributed by atoms with Gasteiger partial charge in [-0.3, -0.25) is 4.99 Å². The Bertz CT molecular complexity index is 750. The monoisotopic (exact) mass is 528 g/mol. The third kappa shape index (κ3) is 7.22. The van der Waals surface area contributed by atoms with Gasteiger partial charge < -0.3 is 20.4 Å². The SMILES string of the molecule is CN=C(NCCCCNc1ccccn1)N1CCN(c2ccccc2Cl)CC1.I. The highest BCUT2D eigenvalue weighted by Gasteiger charge is 2.20. The van der Waals surface area contributed by atoms with Crippen LogP contribution in [0, 0.1) is 0 Å². The molecule has 0 atom stereocenters. The van der Waals surface area contributed by atoms with Gasteiger partial charge in [-0.15, -0.1) is 24.0 Å². The molecule has 1 aromatic heterocycles. The Morgan fingerprint density at radius 1 is 1.03 bits per heavy atom. The highest BCUT2D eigenvalue weighted by Crippen LogP contribution is 2.25. The van der Waals surface area contributed by atoms with Crippen LogP contribution < -0.4 is 15.5 Å². The van der Waals surface area contributed by atoms with E-state index in [4.69, 9.17) is 11.6 Å². The lowest BCUT2D eigenvalue weighted by atomic mass is 10.2. The maximum absolute atomic E-state index is 6.33. The molecule has 0 aliphatic carbocycles. The van der Waals surface area contributed by atoms with Crippen LogP contribution in [0.25, 0.3) is 0 Å². The van der Waals surface area contributed by atoms with Gasteiger partial charge in [0.05, 0.1) is 10.7 Å². The number of piperazine rings is 1. The number of aliphatic imine (C=N–C) groups is 1. The Balaban J connectivity index is 0.00000300. The van der Waals surface area contributed by atoms with Crippen LogP contribution in [0.5, 0.6) is 0 Å². The number of guanidine groups is 1. The number of hydrogen-bond donors (Lipinski definition) is 2. The summed E-state index contributed by atoms with van der Waals surface area (Å²) in [6.45, 7) is 5.60. The van der Waals surface area contributed by atoms with Crippen LogP contribution in [0.4, 0.5) is 11.5 Å². The van der Waals surface area contributed by atoms with E-state index in [9.17, 15) is 0 Å². The van der Waals surface area contributed by atoms with Gasteiger partial charge in [-0.1, -0.05) is 29.8 Å². The van der Waals surface area contributed by atoms with E-state index in [1.54, 1.807) is 6.20 Å². The summed E-state index contributed by atoms with van der Waals surface area (Å²) in [5, 5.41) is 7.65. The Morgan fingerprint density at radius 3 is 2.45 bits per heavy atom. The average Bonchev–Trinajstić information content (AvgIpc) is 2.75. The van der Waals surface area contributed by atoms with E-state index in [0.717, 1.165) is 74.6 Å². The highest BCUT2D eigenvalue weighted by atomic mass is 127. The van der Waals surface area contributed by atoms with Crippen LogP contribution in [0.3, 0.4) is 0 Å². The summed E-state index contributed by atoms with van der Waals surface area (Å²) < 4.78 is 0. The quantitative estimate of drug-likeness (QED) is 0.247. The fourth-order valence-electron chi connectivity index (χ4n) is 3.33. The molecule has 6 nitrogen and oxygen atoms in total. The smallest absolute Gasteiger partial charge is 0.193 e. The van der Waals surface area contributed by atoms with Gasteiger partial charge in [0.25, 0.3) is 0 Å². The van der Waals surface area contributed by atoms with Crippen molar-refractivity contribution in [1.29, 1.82) is 0 Å². The summed E-state index contributed by atoms with van der Waals surface area (Å²) in [4.78, 5) is 13.4. The first-order valence-electron chi connectivity index (χ1n) is 9.88. The van der Waals surface area contributed by atoms with Crippen LogP contribution in [-0.4, -0.2) is 62.2 Å². The predicted octanol–water partition coefficient (Wildman–Crippen LogP) is 3.94. The lowest BCUT2D eigenvalue weighted by molar-refractivity contribution is 0.372. The largest absolute Gasteiger partial charge is 0.370 e. The minimum absolute atomic E-state index is 0. The molecule has 0 amide bonds. The van der Waals surface area contributed by atoms with Crippen LogP contribution in [0.2, 0.25) is 5.02 Å². The number of benzene rings is 1. The number of anilines is 2. The van der Waals surface area contributed by atoms with Crippen LogP contribution in [-0.2, 0) is 0 Å². The zero-order valence-electron chi connectivity index (χ0n) is 16.9. The second-order valence-electron chi connectivity index (χ2n) is 6.75. The van der Waals surface area contributed by atoms with Crippen LogP contribution in [0.15, 0.2) is 53.7 Å². The fraction of sp³-hybridized carbons (Fsp3) is 0.429. The normalized spacial score (nSPS) is 14.3. The van der Waals surface area contributed by atoms with E-state index < -0.39 is 0 Å². The highest BCUT2D eigenvalue weighted by molar-refractivity contribution is 14.0. The number of hydrogen-bond acceptors (Lipinski definition) is 4. The maximum atomic E-state index is 6.33. The van der Waals surface area contributed by atoms with Gasteiger partial charge in [-0.25, -0.2) is 4.98 Å². The number of nitrogens with one attached hydrogen (secondary N) is 2. The lowest BCUT2D eigenvalue weighted by Gasteiger charge is -2.38. The van der Waals surface area contributed by atoms with Crippen molar-refractivity contribution in [2.45, 2.75) is 12.8 Å². The van der Waals surface area contributed by atoms with Crippen molar-refractivity contribution in [1.82, 2.24) is 15.2 Å². The van der Waals surface area contributed by atoms with Gasteiger partial charge in [0, 0.05) is 52.5 Å².